The van der Waals surface area contributed by atoms with E-state index in [1.807, 2.05) is 19.1 Å². The molecule has 0 unspecified atom stereocenters. The number of piperidine rings is 1. The van der Waals surface area contributed by atoms with Crippen LogP contribution < -0.4 is 10.1 Å². The van der Waals surface area contributed by atoms with Crippen LogP contribution in [-0.4, -0.2) is 61.3 Å². The quantitative estimate of drug-likeness (QED) is 0.785. The number of nitrogens with zero attached hydrogens (tertiary/aromatic N) is 1. The number of benzene rings is 1. The fourth-order valence-electron chi connectivity index (χ4n) is 4.51. The highest BCUT2D eigenvalue weighted by Gasteiger charge is 2.67. The molecule has 3 fully saturated rings. The van der Waals surface area contributed by atoms with Crippen molar-refractivity contribution in [2.24, 2.45) is 17.8 Å². The van der Waals surface area contributed by atoms with E-state index >= 15 is 0 Å². The lowest BCUT2D eigenvalue weighted by Gasteiger charge is -2.32. The molecule has 2 heterocycles. The second-order valence-corrected chi connectivity index (χ2v) is 8.40. The molecular weight excluding hydrogens is 401 g/mol. The van der Waals surface area contributed by atoms with E-state index < -0.39 is 30.0 Å². The molecule has 1 aromatic rings. The number of rotatable bonds is 5. The van der Waals surface area contributed by atoms with Crippen LogP contribution in [0.1, 0.15) is 18.4 Å². The number of alkyl halides is 3. The molecule has 30 heavy (non-hydrogen) atoms. The van der Waals surface area contributed by atoms with E-state index in [0.717, 1.165) is 5.56 Å². The van der Waals surface area contributed by atoms with Crippen LogP contribution in [0.15, 0.2) is 24.3 Å². The van der Waals surface area contributed by atoms with Crippen LogP contribution in [0.4, 0.5) is 13.2 Å². The van der Waals surface area contributed by atoms with Crippen molar-refractivity contribution >= 4 is 11.8 Å². The number of carbonyl (C=O) groups is 2. The summed E-state index contributed by atoms with van der Waals surface area (Å²) in [5, 5.41) is 2.83. The summed E-state index contributed by atoms with van der Waals surface area (Å²) in [6, 6.07) is 7.16. The number of likely N-dealkylation sites (tertiary alicyclic amines) is 1. The molecule has 2 amide bonds. The monoisotopic (exact) mass is 426 g/mol. The van der Waals surface area contributed by atoms with Gasteiger partial charge >= 0.3 is 6.18 Å². The van der Waals surface area contributed by atoms with Gasteiger partial charge < -0.3 is 19.7 Å². The number of nitrogens with one attached hydrogen (secondary N) is 1. The third-order valence-corrected chi connectivity index (χ3v) is 6.19. The average Bonchev–Trinajstić information content (AvgIpc) is 3.24. The summed E-state index contributed by atoms with van der Waals surface area (Å²) in [5.41, 5.74) is 1.10. The van der Waals surface area contributed by atoms with Crippen LogP contribution in [0, 0.1) is 24.7 Å². The van der Waals surface area contributed by atoms with E-state index in [9.17, 15) is 22.8 Å². The van der Waals surface area contributed by atoms with Crippen LogP contribution in [-0.2, 0) is 14.3 Å². The summed E-state index contributed by atoms with van der Waals surface area (Å²) >= 11 is 0. The number of hydrogen-bond acceptors (Lipinski definition) is 4. The number of aryl methyl sites for hydroxylation is 1. The molecule has 164 valence electrons. The van der Waals surface area contributed by atoms with E-state index in [4.69, 9.17) is 9.47 Å². The van der Waals surface area contributed by atoms with Gasteiger partial charge in [0, 0.05) is 13.1 Å². The number of fused-ring (bicyclic) bond motifs is 1. The van der Waals surface area contributed by atoms with E-state index in [2.05, 4.69) is 5.32 Å². The van der Waals surface area contributed by atoms with Crippen LogP contribution in [0.3, 0.4) is 0 Å². The summed E-state index contributed by atoms with van der Waals surface area (Å²) in [6.45, 7) is 2.36. The maximum atomic E-state index is 12.8. The molecule has 6 nitrogen and oxygen atoms in total. The number of carbonyl (C=O) groups excluding carboxylic acids is 2. The molecule has 3 aliphatic rings. The first-order valence-corrected chi connectivity index (χ1v) is 10.2. The molecule has 1 saturated carbocycles. The molecule has 0 spiro atoms. The molecule has 2 aliphatic heterocycles. The molecule has 1 N–H and O–H groups in total. The Bertz CT molecular complexity index is 778. The van der Waals surface area contributed by atoms with E-state index in [1.165, 1.54) is 4.90 Å². The van der Waals surface area contributed by atoms with Crippen LogP contribution >= 0.6 is 0 Å². The van der Waals surface area contributed by atoms with Crippen molar-refractivity contribution in [3.05, 3.63) is 29.8 Å². The molecule has 9 heteroatoms. The molecule has 1 aromatic carbocycles. The van der Waals surface area contributed by atoms with Crippen LogP contribution in [0.2, 0.25) is 0 Å². The molecule has 0 radical (unpaired) electrons. The Balaban J connectivity index is 1.16. The zero-order chi connectivity index (χ0) is 21.5. The maximum absolute atomic E-state index is 12.8. The van der Waals surface area contributed by atoms with Gasteiger partial charge in [-0.05, 0) is 43.7 Å². The minimum Gasteiger partial charge on any atom is -0.484 e. The van der Waals surface area contributed by atoms with E-state index in [-0.39, 0.29) is 44.2 Å². The average molecular weight is 426 g/mol. The zero-order valence-corrected chi connectivity index (χ0v) is 16.7. The minimum absolute atomic E-state index is 0.112. The van der Waals surface area contributed by atoms with Crippen LogP contribution in [0.25, 0.3) is 0 Å². The van der Waals surface area contributed by atoms with Gasteiger partial charge in [-0.3, -0.25) is 9.59 Å². The summed E-state index contributed by atoms with van der Waals surface area (Å²) in [7, 11) is 0. The SMILES string of the molecule is Cc1ccc(OCC(=O)N[C@@H]2CC[C@@H](C(=O)N3C[C@@H]4[C@H](C3)[C@H]4C(F)(F)F)OC2)cc1. The molecule has 5 atom stereocenters. The first kappa shape index (κ1) is 21.0. The number of hydrogen-bond donors (Lipinski definition) is 1. The van der Waals surface area contributed by atoms with Gasteiger partial charge in [0.25, 0.3) is 11.8 Å². The molecule has 1 aliphatic carbocycles. The normalized spacial score (nSPS) is 30.5. The highest BCUT2D eigenvalue weighted by molar-refractivity contribution is 5.82. The third kappa shape index (κ3) is 4.55. The van der Waals surface area contributed by atoms with Crippen LogP contribution in [0.5, 0.6) is 5.75 Å². The molecule has 0 aromatic heterocycles. The highest BCUT2D eigenvalue weighted by atomic mass is 19.4. The van der Waals surface area contributed by atoms with Crippen molar-refractivity contribution in [1.82, 2.24) is 10.2 Å². The van der Waals surface area contributed by atoms with Crippen molar-refractivity contribution in [2.45, 2.75) is 38.1 Å². The molecular formula is C21H25F3N2O4. The van der Waals surface area contributed by atoms with Gasteiger partial charge in [0.1, 0.15) is 11.9 Å². The van der Waals surface area contributed by atoms with Crippen molar-refractivity contribution in [2.75, 3.05) is 26.3 Å². The lowest BCUT2D eigenvalue weighted by atomic mass is 10.0. The predicted molar refractivity (Wildman–Crippen MR) is 101 cm³/mol. The smallest absolute Gasteiger partial charge is 0.392 e. The number of halogens is 3. The van der Waals surface area contributed by atoms with Crippen molar-refractivity contribution in [3.8, 4) is 5.75 Å². The first-order chi connectivity index (χ1) is 14.2. The van der Waals surface area contributed by atoms with Crippen molar-refractivity contribution in [1.29, 1.82) is 0 Å². The van der Waals surface area contributed by atoms with Gasteiger partial charge in [0.15, 0.2) is 6.61 Å². The number of amides is 2. The minimum atomic E-state index is -4.17. The zero-order valence-electron chi connectivity index (χ0n) is 16.7. The summed E-state index contributed by atoms with van der Waals surface area (Å²) in [4.78, 5) is 26.1. The Morgan fingerprint density at radius 2 is 1.83 bits per heavy atom. The summed E-state index contributed by atoms with van der Waals surface area (Å²) in [5.74, 6) is -2.08. The van der Waals surface area contributed by atoms with Crippen molar-refractivity contribution in [3.63, 3.8) is 0 Å². The summed E-state index contributed by atoms with van der Waals surface area (Å²) < 4.78 is 49.4. The Morgan fingerprint density at radius 3 is 2.40 bits per heavy atom. The first-order valence-electron chi connectivity index (χ1n) is 10.2. The maximum Gasteiger partial charge on any atom is 0.392 e. The Kier molecular flexibility index (Phi) is 5.65. The van der Waals surface area contributed by atoms with Gasteiger partial charge in [0.2, 0.25) is 0 Å². The standard InChI is InChI=1S/C21H25F3N2O4/c1-12-2-5-14(6-3-12)29-11-18(27)25-13-4-7-17(30-10-13)20(28)26-8-15-16(9-26)19(15)21(22,23)24/h2-3,5-6,13,15-17,19H,4,7-11H2,1H3,(H,25,27)/t13-,15-,16+,17+,19+/m1/s1. The van der Waals surface area contributed by atoms with Gasteiger partial charge in [-0.15, -0.1) is 0 Å². The topological polar surface area (TPSA) is 67.9 Å². The third-order valence-electron chi connectivity index (χ3n) is 6.19. The predicted octanol–water partition coefficient (Wildman–Crippen LogP) is 2.30. The largest absolute Gasteiger partial charge is 0.484 e. The van der Waals surface area contributed by atoms with Gasteiger partial charge in [-0.25, -0.2) is 0 Å². The summed E-state index contributed by atoms with van der Waals surface area (Å²) in [6.07, 6.45) is -3.82. The second-order valence-electron chi connectivity index (χ2n) is 8.40. The lowest BCUT2D eigenvalue weighted by Crippen LogP contribution is -2.49. The van der Waals surface area contributed by atoms with E-state index in [1.54, 1.807) is 12.1 Å². The van der Waals surface area contributed by atoms with E-state index in [0.29, 0.717) is 18.6 Å². The van der Waals surface area contributed by atoms with Crippen molar-refractivity contribution < 1.29 is 32.2 Å². The molecule has 0 bridgehead atoms. The highest BCUT2D eigenvalue weighted by Crippen LogP contribution is 2.59. The second kappa shape index (κ2) is 8.09. The Morgan fingerprint density at radius 1 is 1.17 bits per heavy atom. The molecule has 2 saturated heterocycles. The lowest BCUT2D eigenvalue weighted by molar-refractivity contribution is -0.162. The number of ether oxygens (including phenoxy) is 2. The Labute approximate surface area is 172 Å². The van der Waals surface area contributed by atoms with Gasteiger partial charge in [-0.2, -0.15) is 13.2 Å². The van der Waals surface area contributed by atoms with Gasteiger partial charge in [0.05, 0.1) is 18.6 Å². The fraction of sp³-hybridized carbons (Fsp3) is 0.619. The Hall–Kier alpha value is -2.29. The molecule has 4 rings (SSSR count). The fourth-order valence-corrected chi connectivity index (χ4v) is 4.51. The van der Waals surface area contributed by atoms with Gasteiger partial charge in [-0.1, -0.05) is 17.7 Å².